The number of hydrogen-bond donors (Lipinski definition) is 4. The van der Waals surface area contributed by atoms with Crippen LogP contribution in [0, 0.1) is 0 Å². The Balaban J connectivity index is 0.0000160. The number of rotatable bonds is 28. The fourth-order valence-corrected chi connectivity index (χ4v) is 4.86. The topological polar surface area (TPSA) is 105 Å². The van der Waals surface area contributed by atoms with E-state index in [9.17, 15) is 9.59 Å². The van der Waals surface area contributed by atoms with Gasteiger partial charge in [0.05, 0.1) is 19.8 Å². The molecule has 1 aromatic carbocycles. The highest BCUT2D eigenvalue weighted by molar-refractivity contribution is 5.88. The fraction of sp³-hybridized carbons (Fsp3) is 0.758. The second kappa shape index (κ2) is 29.8. The number of nitrogens with one attached hydrogen (secondary N) is 3. The van der Waals surface area contributed by atoms with E-state index < -0.39 is 6.04 Å². The molecule has 8 heteroatoms. The molecule has 0 radical (unpaired) electrons. The van der Waals surface area contributed by atoms with Gasteiger partial charge in [-0.05, 0) is 18.5 Å². The second-order valence-electron chi connectivity index (χ2n) is 11.0. The van der Waals surface area contributed by atoms with Crippen LogP contribution in [-0.4, -0.2) is 57.2 Å². The molecule has 0 bridgehead atoms. The zero-order valence-corrected chi connectivity index (χ0v) is 26.8. The molecule has 0 unspecified atom stereocenters. The summed E-state index contributed by atoms with van der Waals surface area (Å²) < 4.78 is 5.32. The van der Waals surface area contributed by atoms with Crippen molar-refractivity contribution in [2.45, 2.75) is 122 Å². The maximum atomic E-state index is 12.7. The summed E-state index contributed by atoms with van der Waals surface area (Å²) in [5.41, 5.74) is 6.42. The lowest BCUT2D eigenvalue weighted by Gasteiger charge is -2.19. The Morgan fingerprint density at radius 1 is 0.756 bits per heavy atom. The first kappa shape index (κ1) is 39.3. The van der Waals surface area contributed by atoms with Crippen LogP contribution in [0.5, 0.6) is 0 Å². The van der Waals surface area contributed by atoms with Gasteiger partial charge in [0.15, 0.2) is 0 Å². The Kier molecular flexibility index (Phi) is 28.6. The molecule has 0 saturated carbocycles. The predicted octanol–water partition coefficient (Wildman–Crippen LogP) is 6.08. The minimum atomic E-state index is -0.623. The molecule has 41 heavy (non-hydrogen) atoms. The van der Waals surface area contributed by atoms with Gasteiger partial charge in [-0.15, -0.1) is 12.4 Å². The van der Waals surface area contributed by atoms with E-state index in [1.807, 2.05) is 30.3 Å². The van der Waals surface area contributed by atoms with Crippen LogP contribution >= 0.6 is 12.4 Å². The Morgan fingerprint density at radius 2 is 1.29 bits per heavy atom. The number of unbranched alkanes of at least 4 members (excludes halogenated alkanes) is 15. The number of halogens is 1. The van der Waals surface area contributed by atoms with Gasteiger partial charge in [0.2, 0.25) is 11.8 Å². The minimum Gasteiger partial charge on any atom is -0.378 e. The zero-order valence-electron chi connectivity index (χ0n) is 25.9. The van der Waals surface area contributed by atoms with Crippen molar-refractivity contribution < 1.29 is 14.3 Å². The van der Waals surface area contributed by atoms with Crippen molar-refractivity contribution in [1.29, 1.82) is 0 Å². The number of nitrogens with two attached hydrogens (primary N) is 1. The van der Waals surface area contributed by atoms with Crippen molar-refractivity contribution in [3.8, 4) is 0 Å². The monoisotopic (exact) mass is 596 g/mol. The molecular formula is C33H61ClN4O3. The fourth-order valence-electron chi connectivity index (χ4n) is 4.86. The van der Waals surface area contributed by atoms with Crippen LogP contribution in [0.2, 0.25) is 0 Å². The van der Waals surface area contributed by atoms with Gasteiger partial charge in [0.1, 0.15) is 6.04 Å². The van der Waals surface area contributed by atoms with Gasteiger partial charge in [-0.25, -0.2) is 0 Å². The predicted molar refractivity (Wildman–Crippen MR) is 175 cm³/mol. The molecule has 1 rings (SSSR count). The molecule has 7 nitrogen and oxygen atoms in total. The average Bonchev–Trinajstić information content (AvgIpc) is 2.96. The van der Waals surface area contributed by atoms with Crippen molar-refractivity contribution >= 4 is 24.2 Å². The van der Waals surface area contributed by atoms with Crippen molar-refractivity contribution in [3.05, 3.63) is 35.9 Å². The number of carbonyl (C=O) groups excluding carboxylic acids is 2. The molecule has 0 aromatic heterocycles. The van der Waals surface area contributed by atoms with Crippen LogP contribution in [0.15, 0.2) is 30.3 Å². The van der Waals surface area contributed by atoms with E-state index in [-0.39, 0.29) is 30.8 Å². The molecule has 0 aliphatic rings. The highest BCUT2D eigenvalue weighted by atomic mass is 35.5. The van der Waals surface area contributed by atoms with Gasteiger partial charge in [-0.1, -0.05) is 134 Å². The molecule has 2 amide bonds. The van der Waals surface area contributed by atoms with E-state index in [1.165, 1.54) is 96.3 Å². The van der Waals surface area contributed by atoms with Crippen molar-refractivity contribution in [1.82, 2.24) is 16.0 Å². The first-order valence-electron chi connectivity index (χ1n) is 16.3. The van der Waals surface area contributed by atoms with E-state index in [2.05, 4.69) is 22.9 Å². The third-order valence-corrected chi connectivity index (χ3v) is 7.23. The van der Waals surface area contributed by atoms with Crippen LogP contribution < -0.4 is 21.7 Å². The highest BCUT2D eigenvalue weighted by Crippen LogP contribution is 2.13. The lowest BCUT2D eigenvalue weighted by molar-refractivity contribution is -0.128. The zero-order chi connectivity index (χ0) is 28.9. The number of benzene rings is 1. The van der Waals surface area contributed by atoms with Crippen LogP contribution in [0.3, 0.4) is 0 Å². The minimum absolute atomic E-state index is 0. The molecule has 0 saturated heterocycles. The second-order valence-corrected chi connectivity index (χ2v) is 11.0. The van der Waals surface area contributed by atoms with Gasteiger partial charge in [-0.3, -0.25) is 9.59 Å². The molecule has 0 aliphatic carbocycles. The third kappa shape index (κ3) is 24.6. The van der Waals surface area contributed by atoms with Crippen molar-refractivity contribution in [2.75, 3.05) is 39.4 Å². The smallest absolute Gasteiger partial charge is 0.243 e. The summed E-state index contributed by atoms with van der Waals surface area (Å²) in [6.45, 7) is 5.02. The molecule has 5 N–H and O–H groups in total. The van der Waals surface area contributed by atoms with E-state index in [0.717, 1.165) is 18.5 Å². The van der Waals surface area contributed by atoms with Gasteiger partial charge in [-0.2, -0.15) is 0 Å². The molecule has 0 fully saturated rings. The summed E-state index contributed by atoms with van der Waals surface area (Å²) in [6.07, 6.45) is 22.1. The molecule has 0 spiro atoms. The first-order valence-corrected chi connectivity index (χ1v) is 16.3. The number of ether oxygens (including phenoxy) is 1. The standard InChI is InChI=1S/C33H60N4O3.ClH/c1-2-3-4-5-6-7-8-9-10-11-12-13-14-15-16-20-24-35-29-32(38)37-31(28-30-21-18-17-19-22-30)33(39)36-25-27-40-26-23-34;/h17-19,21-22,31,35H,2-16,20,23-29,34H2,1H3,(H,36,39)(H,37,38);1H/t31-;/m0./s1. The van der Waals surface area contributed by atoms with Crippen LogP contribution in [0.4, 0.5) is 0 Å². The SMILES string of the molecule is CCCCCCCCCCCCCCCCCCNCC(=O)N[C@@H](Cc1ccccc1)C(=O)NCCOCCN.Cl. The van der Waals surface area contributed by atoms with Crippen molar-refractivity contribution in [3.63, 3.8) is 0 Å². The molecular weight excluding hydrogens is 536 g/mol. The van der Waals surface area contributed by atoms with Crippen LogP contribution in [0.25, 0.3) is 0 Å². The Morgan fingerprint density at radius 3 is 1.83 bits per heavy atom. The summed E-state index contributed by atoms with van der Waals surface area (Å²) in [6, 6.07) is 9.12. The van der Waals surface area contributed by atoms with Crippen molar-refractivity contribution in [2.24, 2.45) is 5.73 Å². The quantitative estimate of drug-likeness (QED) is 0.0878. The number of amides is 2. The average molecular weight is 597 g/mol. The van der Waals surface area contributed by atoms with E-state index in [1.54, 1.807) is 0 Å². The molecule has 238 valence electrons. The Hall–Kier alpha value is -1.67. The third-order valence-electron chi connectivity index (χ3n) is 7.23. The summed E-state index contributed by atoms with van der Waals surface area (Å²) in [7, 11) is 0. The first-order chi connectivity index (χ1) is 19.7. The summed E-state index contributed by atoms with van der Waals surface area (Å²) >= 11 is 0. The molecule has 1 atom stereocenters. The Labute approximate surface area is 257 Å². The number of carbonyl (C=O) groups is 2. The molecule has 0 aliphatic heterocycles. The largest absolute Gasteiger partial charge is 0.378 e. The lowest BCUT2D eigenvalue weighted by Crippen LogP contribution is -2.50. The van der Waals surface area contributed by atoms with Crippen LogP contribution in [-0.2, 0) is 20.7 Å². The van der Waals surface area contributed by atoms with Gasteiger partial charge >= 0.3 is 0 Å². The Bertz CT molecular complexity index is 724. The van der Waals surface area contributed by atoms with Gasteiger partial charge < -0.3 is 26.4 Å². The summed E-state index contributed by atoms with van der Waals surface area (Å²) in [4.78, 5) is 25.3. The summed E-state index contributed by atoms with van der Waals surface area (Å²) in [5, 5.41) is 8.99. The van der Waals surface area contributed by atoms with Gasteiger partial charge in [0.25, 0.3) is 0 Å². The molecule has 0 heterocycles. The highest BCUT2D eigenvalue weighted by Gasteiger charge is 2.20. The molecule has 1 aromatic rings. The number of hydrogen-bond acceptors (Lipinski definition) is 5. The van der Waals surface area contributed by atoms with Gasteiger partial charge in [0, 0.05) is 19.5 Å². The van der Waals surface area contributed by atoms with E-state index in [4.69, 9.17) is 10.5 Å². The lowest BCUT2D eigenvalue weighted by atomic mass is 10.0. The maximum Gasteiger partial charge on any atom is 0.243 e. The maximum absolute atomic E-state index is 12.7. The van der Waals surface area contributed by atoms with Crippen LogP contribution in [0.1, 0.15) is 115 Å². The summed E-state index contributed by atoms with van der Waals surface area (Å²) in [5.74, 6) is -0.363. The normalized spacial score (nSPS) is 11.6. The van der Waals surface area contributed by atoms with E-state index >= 15 is 0 Å². The van der Waals surface area contributed by atoms with E-state index in [0.29, 0.717) is 32.7 Å².